The molecule has 6 heteroatoms. The highest BCUT2D eigenvalue weighted by Gasteiger charge is 2.35. The average Bonchev–Trinajstić information content (AvgIpc) is 3.24. The van der Waals surface area contributed by atoms with Gasteiger partial charge in [-0.25, -0.2) is 4.98 Å². The first-order valence-electron chi connectivity index (χ1n) is 9.22. The van der Waals surface area contributed by atoms with Crippen molar-refractivity contribution in [2.45, 2.75) is 38.0 Å². The Bertz CT molecular complexity index is 922. The standard InChI is InChI=1S/C21H22ClN3O2/c22-16-6-2-1-5-14(16)12-25-13-15(26)11-19(25)20(27)9-10-21-23-17-7-3-4-8-18(17)24-21/h1-8,15,19,26H,9-13H2,(H,23,24)/t15-,19+/m1/s1. The molecule has 2 aromatic carbocycles. The van der Waals surface area contributed by atoms with Crippen LogP contribution >= 0.6 is 11.6 Å². The largest absolute Gasteiger partial charge is 0.392 e. The Morgan fingerprint density at radius 2 is 2.00 bits per heavy atom. The Kier molecular flexibility index (Phi) is 5.25. The fourth-order valence-electron chi connectivity index (χ4n) is 3.77. The maximum atomic E-state index is 12.8. The van der Waals surface area contributed by atoms with Gasteiger partial charge in [0.05, 0.1) is 23.2 Å². The van der Waals surface area contributed by atoms with Gasteiger partial charge in [-0.05, 0) is 30.2 Å². The molecule has 1 saturated heterocycles. The summed E-state index contributed by atoms with van der Waals surface area (Å²) in [7, 11) is 0. The van der Waals surface area contributed by atoms with Gasteiger partial charge in [0, 0.05) is 31.0 Å². The SMILES string of the molecule is O=C(CCc1nc2ccccc2[nH]1)[C@@H]1C[C@@H](O)CN1Cc1ccccc1Cl. The Hall–Kier alpha value is -2.21. The molecule has 0 saturated carbocycles. The number of hydrogen-bond acceptors (Lipinski definition) is 4. The van der Waals surface area contributed by atoms with Crippen molar-refractivity contribution in [2.75, 3.05) is 6.54 Å². The Balaban J connectivity index is 1.42. The van der Waals surface area contributed by atoms with Crippen molar-refractivity contribution in [2.24, 2.45) is 0 Å². The number of β-amino-alcohol motifs (C(OH)–C–C–N with tert-alkyl or cyclic N) is 1. The summed E-state index contributed by atoms with van der Waals surface area (Å²) in [6, 6.07) is 15.2. The lowest BCUT2D eigenvalue weighted by Gasteiger charge is -2.23. The van der Waals surface area contributed by atoms with Crippen LogP contribution in [0.2, 0.25) is 5.02 Å². The Labute approximate surface area is 163 Å². The van der Waals surface area contributed by atoms with E-state index < -0.39 is 6.10 Å². The van der Waals surface area contributed by atoms with Crippen LogP contribution < -0.4 is 0 Å². The molecule has 1 aliphatic rings. The molecule has 0 spiro atoms. The second-order valence-corrected chi connectivity index (χ2v) is 7.50. The van der Waals surface area contributed by atoms with Crippen molar-refractivity contribution in [3.05, 3.63) is 64.9 Å². The molecule has 2 N–H and O–H groups in total. The number of aryl methyl sites for hydroxylation is 1. The first-order chi connectivity index (χ1) is 13.1. The number of benzene rings is 2. The van der Waals surface area contributed by atoms with E-state index in [4.69, 9.17) is 11.6 Å². The third kappa shape index (κ3) is 4.05. The van der Waals surface area contributed by atoms with Gasteiger partial charge in [0.15, 0.2) is 5.78 Å². The highest BCUT2D eigenvalue weighted by atomic mass is 35.5. The second kappa shape index (κ2) is 7.80. The predicted molar refractivity (Wildman–Crippen MR) is 106 cm³/mol. The normalized spacial score (nSPS) is 20.4. The van der Waals surface area contributed by atoms with Crippen molar-refractivity contribution >= 4 is 28.4 Å². The topological polar surface area (TPSA) is 69.2 Å². The van der Waals surface area contributed by atoms with Crippen LogP contribution in [0.1, 0.15) is 24.2 Å². The zero-order chi connectivity index (χ0) is 18.8. The van der Waals surface area contributed by atoms with E-state index in [2.05, 4.69) is 9.97 Å². The van der Waals surface area contributed by atoms with Gasteiger partial charge in [-0.3, -0.25) is 9.69 Å². The number of Topliss-reactive ketones (excluding diaryl/α,β-unsaturated/α-hetero) is 1. The summed E-state index contributed by atoms with van der Waals surface area (Å²) in [6.07, 6.45) is 0.965. The number of hydrogen-bond donors (Lipinski definition) is 2. The van der Waals surface area contributed by atoms with Crippen molar-refractivity contribution in [1.29, 1.82) is 0 Å². The maximum absolute atomic E-state index is 12.8. The molecule has 0 radical (unpaired) electrons. The number of carbonyl (C=O) groups excluding carboxylic acids is 1. The molecule has 0 unspecified atom stereocenters. The lowest BCUT2D eigenvalue weighted by Crippen LogP contribution is -2.36. The number of ketones is 1. The van der Waals surface area contributed by atoms with Gasteiger partial charge < -0.3 is 10.1 Å². The molecule has 1 fully saturated rings. The minimum absolute atomic E-state index is 0.138. The number of aliphatic hydroxyl groups excluding tert-OH is 1. The minimum atomic E-state index is -0.479. The van der Waals surface area contributed by atoms with Crippen LogP contribution in [0.3, 0.4) is 0 Å². The van der Waals surface area contributed by atoms with Crippen molar-refractivity contribution in [3.8, 4) is 0 Å². The number of rotatable bonds is 6. The van der Waals surface area contributed by atoms with E-state index in [0.717, 1.165) is 22.4 Å². The van der Waals surface area contributed by atoms with E-state index in [1.807, 2.05) is 53.4 Å². The van der Waals surface area contributed by atoms with Crippen molar-refractivity contribution in [3.63, 3.8) is 0 Å². The van der Waals surface area contributed by atoms with Crippen LogP contribution in [0.5, 0.6) is 0 Å². The summed E-state index contributed by atoms with van der Waals surface area (Å²) in [6.45, 7) is 1.06. The van der Waals surface area contributed by atoms with Crippen molar-refractivity contribution < 1.29 is 9.90 Å². The van der Waals surface area contributed by atoms with Gasteiger partial charge in [0.2, 0.25) is 0 Å². The van der Waals surface area contributed by atoms with Crippen LogP contribution in [-0.2, 0) is 17.8 Å². The van der Waals surface area contributed by atoms with Gasteiger partial charge in [-0.2, -0.15) is 0 Å². The van der Waals surface area contributed by atoms with Crippen LogP contribution in [0.25, 0.3) is 11.0 Å². The number of aromatic nitrogens is 2. The molecule has 0 aliphatic carbocycles. The summed E-state index contributed by atoms with van der Waals surface area (Å²) < 4.78 is 0. The van der Waals surface area contributed by atoms with Crippen molar-refractivity contribution in [1.82, 2.24) is 14.9 Å². The lowest BCUT2D eigenvalue weighted by atomic mass is 10.0. The van der Waals surface area contributed by atoms with E-state index in [9.17, 15) is 9.90 Å². The molecule has 27 heavy (non-hydrogen) atoms. The first kappa shape index (κ1) is 18.2. The molecule has 3 aromatic rings. The third-order valence-electron chi connectivity index (χ3n) is 5.13. The Morgan fingerprint density at radius 3 is 2.81 bits per heavy atom. The number of H-pyrrole nitrogens is 1. The number of carbonyl (C=O) groups is 1. The monoisotopic (exact) mass is 383 g/mol. The zero-order valence-corrected chi connectivity index (χ0v) is 15.7. The third-order valence-corrected chi connectivity index (χ3v) is 5.50. The number of aliphatic hydroxyl groups is 1. The van der Waals surface area contributed by atoms with Crippen LogP contribution in [0, 0.1) is 0 Å². The summed E-state index contributed by atoms with van der Waals surface area (Å²) >= 11 is 6.26. The van der Waals surface area contributed by atoms with E-state index >= 15 is 0 Å². The molecule has 2 atom stereocenters. The number of likely N-dealkylation sites (tertiary alicyclic amines) is 1. The maximum Gasteiger partial charge on any atom is 0.150 e. The van der Waals surface area contributed by atoms with Gasteiger partial charge in [0.1, 0.15) is 5.82 Å². The molecule has 1 aromatic heterocycles. The first-order valence-corrected chi connectivity index (χ1v) is 9.60. The quantitative estimate of drug-likeness (QED) is 0.684. The van der Waals surface area contributed by atoms with Crippen LogP contribution in [-0.4, -0.2) is 44.4 Å². The van der Waals surface area contributed by atoms with E-state index in [1.54, 1.807) is 0 Å². The molecule has 4 rings (SSSR count). The molecular weight excluding hydrogens is 362 g/mol. The number of fused-ring (bicyclic) bond motifs is 1. The number of halogens is 1. The van der Waals surface area contributed by atoms with Crippen LogP contribution in [0.15, 0.2) is 48.5 Å². The molecule has 0 amide bonds. The molecule has 0 bridgehead atoms. The summed E-state index contributed by atoms with van der Waals surface area (Å²) in [5.74, 6) is 0.958. The number of aromatic amines is 1. The summed E-state index contributed by atoms with van der Waals surface area (Å²) in [4.78, 5) is 22.7. The highest BCUT2D eigenvalue weighted by molar-refractivity contribution is 6.31. The average molecular weight is 384 g/mol. The van der Waals surface area contributed by atoms with E-state index in [0.29, 0.717) is 37.4 Å². The lowest BCUT2D eigenvalue weighted by molar-refractivity contribution is -0.123. The second-order valence-electron chi connectivity index (χ2n) is 7.09. The van der Waals surface area contributed by atoms with Gasteiger partial charge >= 0.3 is 0 Å². The van der Waals surface area contributed by atoms with Gasteiger partial charge in [0.25, 0.3) is 0 Å². The fourth-order valence-corrected chi connectivity index (χ4v) is 3.96. The predicted octanol–water partition coefficient (Wildman–Crippen LogP) is 3.35. The smallest absolute Gasteiger partial charge is 0.150 e. The molecule has 2 heterocycles. The number of imidazole rings is 1. The fraction of sp³-hybridized carbons (Fsp3) is 0.333. The summed E-state index contributed by atoms with van der Waals surface area (Å²) in [5.41, 5.74) is 2.87. The molecule has 140 valence electrons. The van der Waals surface area contributed by atoms with Gasteiger partial charge in [-0.15, -0.1) is 0 Å². The van der Waals surface area contributed by atoms with Crippen LogP contribution in [0.4, 0.5) is 0 Å². The summed E-state index contributed by atoms with van der Waals surface area (Å²) in [5, 5.41) is 10.8. The Morgan fingerprint density at radius 1 is 1.22 bits per heavy atom. The number of nitrogens with one attached hydrogen (secondary N) is 1. The zero-order valence-electron chi connectivity index (χ0n) is 14.9. The molecule has 5 nitrogen and oxygen atoms in total. The van der Waals surface area contributed by atoms with E-state index in [1.165, 1.54) is 0 Å². The molecular formula is C21H22ClN3O2. The minimum Gasteiger partial charge on any atom is -0.392 e. The van der Waals surface area contributed by atoms with Gasteiger partial charge in [-0.1, -0.05) is 41.9 Å². The van der Waals surface area contributed by atoms with E-state index in [-0.39, 0.29) is 11.8 Å². The number of nitrogens with zero attached hydrogens (tertiary/aromatic N) is 2. The number of para-hydroxylation sites is 2. The molecule has 1 aliphatic heterocycles. The highest BCUT2D eigenvalue weighted by Crippen LogP contribution is 2.25.